The second kappa shape index (κ2) is 10.6. The lowest BCUT2D eigenvalue weighted by molar-refractivity contribution is -0.138. The number of aliphatic imine (C=N–C) groups is 1. The summed E-state index contributed by atoms with van der Waals surface area (Å²) in [6, 6.07) is 9.11. The number of nitrogens with zero attached hydrogens (tertiary/aromatic N) is 2. The van der Waals surface area contributed by atoms with Gasteiger partial charge in [0.05, 0.1) is 35.3 Å². The van der Waals surface area contributed by atoms with Crippen LogP contribution in [0.25, 0.3) is 6.08 Å². The molecule has 0 fully saturated rings. The van der Waals surface area contributed by atoms with Crippen LogP contribution in [0.1, 0.15) is 16.7 Å². The van der Waals surface area contributed by atoms with E-state index in [4.69, 9.17) is 20.5 Å². The first kappa shape index (κ1) is 25.1. The molecule has 178 valence electrons. The van der Waals surface area contributed by atoms with E-state index >= 15 is 0 Å². The number of halogens is 3. The quantitative estimate of drug-likeness (QED) is 0.502. The van der Waals surface area contributed by atoms with Gasteiger partial charge in [-0.2, -0.15) is 23.4 Å². The van der Waals surface area contributed by atoms with Crippen LogP contribution in [-0.4, -0.2) is 42.5 Å². The van der Waals surface area contributed by atoms with Gasteiger partial charge in [-0.25, -0.2) is 0 Å². The lowest BCUT2D eigenvalue weighted by Crippen LogP contribution is -2.34. The minimum Gasteiger partial charge on any atom is -0.493 e. The lowest BCUT2D eigenvalue weighted by Gasteiger charge is -2.16. The van der Waals surface area contributed by atoms with E-state index in [1.807, 2.05) is 0 Å². The molecule has 34 heavy (non-hydrogen) atoms. The molecular weight excluding hydrogens is 473 g/mol. The Labute approximate surface area is 196 Å². The number of nitriles is 1. The number of carbonyl (C=O) groups is 1. The highest BCUT2D eigenvalue weighted by Crippen LogP contribution is 2.41. The SMILES string of the molecule is COc1cc(/C=C2\SC(NCC(O)CN)=NC2=O)ccc1Oc1ccc(C#N)cc1C(F)(F)F. The molecule has 0 radical (unpaired) electrons. The predicted molar refractivity (Wildman–Crippen MR) is 120 cm³/mol. The smallest absolute Gasteiger partial charge is 0.420 e. The van der Waals surface area contributed by atoms with Crippen molar-refractivity contribution in [1.82, 2.24) is 5.32 Å². The number of aliphatic hydroxyl groups is 1. The summed E-state index contributed by atoms with van der Waals surface area (Å²) in [6.45, 7) is 0.195. The molecule has 1 atom stereocenters. The van der Waals surface area contributed by atoms with Crippen molar-refractivity contribution in [1.29, 1.82) is 5.26 Å². The molecule has 1 aliphatic rings. The number of hydrogen-bond donors (Lipinski definition) is 3. The molecule has 0 bridgehead atoms. The number of aliphatic hydroxyl groups excluding tert-OH is 1. The second-order valence-electron chi connectivity index (χ2n) is 6.94. The zero-order valence-corrected chi connectivity index (χ0v) is 18.5. The maximum absolute atomic E-state index is 13.4. The number of hydrogen-bond acceptors (Lipinski definition) is 8. The predicted octanol–water partition coefficient (Wildman–Crippen LogP) is 3.26. The first-order valence-corrected chi connectivity index (χ1v) is 10.6. The van der Waals surface area contributed by atoms with Crippen molar-refractivity contribution < 1.29 is 32.5 Å². The van der Waals surface area contributed by atoms with Gasteiger partial charge in [0.2, 0.25) is 0 Å². The number of alkyl halides is 3. The fourth-order valence-corrected chi connectivity index (χ4v) is 3.63. The molecule has 8 nitrogen and oxygen atoms in total. The Morgan fingerprint density at radius 2 is 2.00 bits per heavy atom. The van der Waals surface area contributed by atoms with Crippen LogP contribution in [0.2, 0.25) is 0 Å². The molecule has 0 aliphatic carbocycles. The van der Waals surface area contributed by atoms with Crippen LogP contribution < -0.4 is 20.5 Å². The van der Waals surface area contributed by atoms with E-state index in [-0.39, 0.29) is 30.2 Å². The van der Waals surface area contributed by atoms with Crippen LogP contribution in [0.4, 0.5) is 13.2 Å². The minimum atomic E-state index is -4.73. The van der Waals surface area contributed by atoms with E-state index < -0.39 is 29.5 Å². The summed E-state index contributed by atoms with van der Waals surface area (Å²) in [5.74, 6) is -0.824. The summed E-state index contributed by atoms with van der Waals surface area (Å²) in [5, 5.41) is 21.6. The fraction of sp³-hybridized carbons (Fsp3) is 0.227. The molecule has 12 heteroatoms. The summed E-state index contributed by atoms with van der Waals surface area (Å²) >= 11 is 1.07. The van der Waals surface area contributed by atoms with Crippen molar-refractivity contribution in [3.8, 4) is 23.3 Å². The van der Waals surface area contributed by atoms with Gasteiger partial charge < -0.3 is 25.6 Å². The molecule has 1 aliphatic heterocycles. The van der Waals surface area contributed by atoms with Gasteiger partial charge in [0.25, 0.3) is 5.91 Å². The maximum Gasteiger partial charge on any atom is 0.420 e. The number of nitrogens with one attached hydrogen (secondary N) is 1. The van der Waals surface area contributed by atoms with Crippen LogP contribution >= 0.6 is 11.8 Å². The number of ether oxygens (including phenoxy) is 2. The van der Waals surface area contributed by atoms with Crippen molar-refractivity contribution in [2.75, 3.05) is 20.2 Å². The van der Waals surface area contributed by atoms with Crippen LogP contribution in [0.3, 0.4) is 0 Å². The summed E-state index contributed by atoms with van der Waals surface area (Å²) in [4.78, 5) is 16.3. The highest BCUT2D eigenvalue weighted by atomic mass is 32.2. The Hall–Kier alpha value is -3.53. The number of methoxy groups -OCH3 is 1. The van der Waals surface area contributed by atoms with Gasteiger partial charge in [-0.3, -0.25) is 4.79 Å². The van der Waals surface area contributed by atoms with Gasteiger partial charge in [0.15, 0.2) is 16.7 Å². The Balaban J connectivity index is 1.82. The van der Waals surface area contributed by atoms with E-state index in [9.17, 15) is 23.1 Å². The van der Waals surface area contributed by atoms with Gasteiger partial charge in [-0.15, -0.1) is 0 Å². The first-order chi connectivity index (χ1) is 16.1. The number of amides is 1. The van der Waals surface area contributed by atoms with Gasteiger partial charge >= 0.3 is 6.18 Å². The molecule has 0 saturated heterocycles. The summed E-state index contributed by atoms with van der Waals surface area (Å²) in [6.07, 6.45) is -3.97. The molecular formula is C22H19F3N4O4S. The summed E-state index contributed by atoms with van der Waals surface area (Å²) < 4.78 is 51.0. The van der Waals surface area contributed by atoms with Crippen LogP contribution in [0.5, 0.6) is 17.2 Å². The number of carbonyl (C=O) groups excluding carboxylic acids is 1. The zero-order chi connectivity index (χ0) is 24.9. The van der Waals surface area contributed by atoms with E-state index in [1.165, 1.54) is 25.3 Å². The van der Waals surface area contributed by atoms with Gasteiger partial charge in [0.1, 0.15) is 5.75 Å². The van der Waals surface area contributed by atoms with Crippen molar-refractivity contribution in [2.24, 2.45) is 10.7 Å². The number of amidine groups is 1. The minimum absolute atomic E-state index is 0.0136. The Bertz CT molecular complexity index is 1190. The molecule has 1 heterocycles. The Morgan fingerprint density at radius 1 is 1.26 bits per heavy atom. The summed E-state index contributed by atoms with van der Waals surface area (Å²) in [5.41, 5.74) is 4.62. The van der Waals surface area contributed by atoms with Gasteiger partial charge in [-0.05, 0) is 53.7 Å². The molecule has 0 saturated carbocycles. The second-order valence-corrected chi connectivity index (χ2v) is 7.97. The maximum atomic E-state index is 13.4. The molecule has 0 spiro atoms. The van der Waals surface area contributed by atoms with Crippen molar-refractivity contribution in [3.05, 3.63) is 58.0 Å². The number of rotatable bonds is 7. The van der Waals surface area contributed by atoms with E-state index in [0.29, 0.717) is 21.7 Å². The average molecular weight is 492 g/mol. The highest BCUT2D eigenvalue weighted by Gasteiger charge is 2.35. The third-order valence-corrected chi connectivity index (χ3v) is 5.44. The molecule has 1 amide bonds. The summed E-state index contributed by atoms with van der Waals surface area (Å²) in [7, 11) is 1.33. The van der Waals surface area contributed by atoms with Crippen LogP contribution in [-0.2, 0) is 11.0 Å². The molecule has 4 N–H and O–H groups in total. The third-order valence-electron chi connectivity index (χ3n) is 4.50. The van der Waals surface area contributed by atoms with E-state index in [0.717, 1.165) is 17.8 Å². The normalized spacial score (nSPS) is 15.6. The Kier molecular flexibility index (Phi) is 7.83. The van der Waals surface area contributed by atoms with Gasteiger partial charge in [-0.1, -0.05) is 6.07 Å². The average Bonchev–Trinajstić information content (AvgIpc) is 3.16. The molecule has 0 aromatic heterocycles. The van der Waals surface area contributed by atoms with Crippen LogP contribution in [0.15, 0.2) is 46.3 Å². The first-order valence-electron chi connectivity index (χ1n) is 9.76. The van der Waals surface area contributed by atoms with E-state index in [2.05, 4.69) is 10.3 Å². The number of nitrogens with two attached hydrogens (primary N) is 1. The topological polar surface area (TPSA) is 130 Å². The van der Waals surface area contributed by atoms with Crippen molar-refractivity contribution in [2.45, 2.75) is 12.3 Å². The third kappa shape index (κ3) is 6.07. The lowest BCUT2D eigenvalue weighted by atomic mass is 10.1. The largest absolute Gasteiger partial charge is 0.493 e. The number of benzene rings is 2. The number of thioether (sulfide) groups is 1. The van der Waals surface area contributed by atoms with Crippen molar-refractivity contribution >= 4 is 28.9 Å². The Morgan fingerprint density at radius 3 is 2.65 bits per heavy atom. The molecule has 3 rings (SSSR count). The standard InChI is InChI=1S/C22H19F3N4O4S/c1-32-18-7-12(8-19-20(31)29-21(34-19)28-11-14(30)10-27)2-5-17(18)33-16-4-3-13(9-26)6-15(16)22(23,24)25/h2-8,14,30H,10-11,27H2,1H3,(H,28,29,31)/b19-8-. The van der Waals surface area contributed by atoms with Gasteiger partial charge in [0, 0.05) is 13.1 Å². The monoisotopic (exact) mass is 492 g/mol. The van der Waals surface area contributed by atoms with E-state index in [1.54, 1.807) is 18.2 Å². The molecule has 2 aromatic carbocycles. The highest BCUT2D eigenvalue weighted by molar-refractivity contribution is 8.18. The fourth-order valence-electron chi connectivity index (χ4n) is 2.81. The molecule has 1 unspecified atom stereocenters. The zero-order valence-electron chi connectivity index (χ0n) is 17.7. The van der Waals surface area contributed by atoms with Crippen molar-refractivity contribution in [3.63, 3.8) is 0 Å². The molecule has 2 aromatic rings. The van der Waals surface area contributed by atoms with Crippen LogP contribution in [0, 0.1) is 11.3 Å².